The van der Waals surface area contributed by atoms with Crippen LogP contribution in [0.5, 0.6) is 0 Å². The summed E-state index contributed by atoms with van der Waals surface area (Å²) < 4.78 is 0. The Morgan fingerprint density at radius 3 is 1.60 bits per heavy atom. The maximum absolute atomic E-state index is 7.88. The number of nitrogens with zero attached hydrogens (tertiary/aromatic N) is 2. The van der Waals surface area contributed by atoms with Gasteiger partial charge in [0.1, 0.15) is 0 Å². The largest absolute Gasteiger partial charge is 0.311 e. The van der Waals surface area contributed by atoms with E-state index < -0.39 is 5.41 Å². The third kappa shape index (κ3) is 3.67. The second kappa shape index (κ2) is 10.8. The molecule has 2 aliphatic carbocycles. The van der Waals surface area contributed by atoms with Gasteiger partial charge in [-0.15, -0.1) is 0 Å². The van der Waals surface area contributed by atoms with Crippen LogP contribution < -0.4 is 4.90 Å². The number of hydrogen-bond acceptors (Lipinski definition) is 1. The quantitative estimate of drug-likeness (QED) is 0.135. The van der Waals surface area contributed by atoms with Gasteiger partial charge in [-0.2, -0.15) is 0 Å². The van der Waals surface area contributed by atoms with Crippen molar-refractivity contribution in [2.24, 2.45) is 0 Å². The molecule has 0 unspecified atom stereocenters. The average Bonchev–Trinajstić information content (AvgIpc) is 3.69. The van der Waals surface area contributed by atoms with Crippen LogP contribution in [0.2, 0.25) is 0 Å². The molecule has 0 aromatic heterocycles. The van der Waals surface area contributed by atoms with E-state index in [4.69, 9.17) is 6.57 Å². The van der Waals surface area contributed by atoms with E-state index in [9.17, 15) is 0 Å². The fraction of sp³-hybridized carbons (Fsp3) is 0.0200. The Hall–Kier alpha value is -6.95. The minimum Gasteiger partial charge on any atom is -0.311 e. The molecule has 2 nitrogen and oxygen atoms in total. The maximum atomic E-state index is 7.88. The van der Waals surface area contributed by atoms with Crippen LogP contribution in [0.4, 0.5) is 22.7 Å². The molecule has 0 aliphatic heterocycles. The lowest BCUT2D eigenvalue weighted by atomic mass is 9.69. The highest BCUT2D eigenvalue weighted by Crippen LogP contribution is 2.67. The van der Waals surface area contributed by atoms with Crippen molar-refractivity contribution in [2.45, 2.75) is 5.41 Å². The fourth-order valence-corrected chi connectivity index (χ4v) is 9.53. The summed E-state index contributed by atoms with van der Waals surface area (Å²) in [4.78, 5) is 6.18. The average molecular weight is 659 g/mol. The topological polar surface area (TPSA) is 7.60 Å². The molecule has 52 heavy (non-hydrogen) atoms. The summed E-state index contributed by atoms with van der Waals surface area (Å²) in [5.74, 6) is 0. The van der Waals surface area contributed by atoms with Gasteiger partial charge in [-0.25, -0.2) is 4.85 Å². The Morgan fingerprint density at radius 1 is 0.404 bits per heavy atom. The first-order chi connectivity index (χ1) is 25.8. The number of anilines is 3. The van der Waals surface area contributed by atoms with Crippen molar-refractivity contribution >= 4 is 55.1 Å². The second-order valence-corrected chi connectivity index (χ2v) is 13.8. The first-order valence-corrected chi connectivity index (χ1v) is 17.8. The highest BCUT2D eigenvalue weighted by Gasteiger charge is 2.53. The van der Waals surface area contributed by atoms with Gasteiger partial charge in [0.15, 0.2) is 5.69 Å². The molecule has 0 saturated heterocycles. The van der Waals surface area contributed by atoms with Gasteiger partial charge in [-0.05, 0) is 102 Å². The lowest BCUT2D eigenvalue weighted by molar-refractivity contribution is 0.802. The third-order valence-corrected chi connectivity index (χ3v) is 11.4. The molecule has 2 aliphatic rings. The number of fused-ring (bicyclic) bond motifs is 17. The summed E-state index contributed by atoms with van der Waals surface area (Å²) >= 11 is 0. The van der Waals surface area contributed by atoms with Crippen LogP contribution in [0.3, 0.4) is 0 Å². The molecular formula is C50H30N2. The Kier molecular flexibility index (Phi) is 5.98. The summed E-state index contributed by atoms with van der Waals surface area (Å²) in [6.07, 6.45) is 0. The Morgan fingerprint density at radius 2 is 0.923 bits per heavy atom. The molecule has 9 aromatic carbocycles. The van der Waals surface area contributed by atoms with Crippen molar-refractivity contribution in [1.82, 2.24) is 0 Å². The van der Waals surface area contributed by atoms with Gasteiger partial charge in [0.25, 0.3) is 0 Å². The van der Waals surface area contributed by atoms with E-state index in [2.05, 4.69) is 174 Å². The minimum absolute atomic E-state index is 0.568. The van der Waals surface area contributed by atoms with Crippen molar-refractivity contribution in [3.8, 4) is 22.3 Å². The minimum atomic E-state index is -0.568. The zero-order valence-electron chi connectivity index (χ0n) is 28.2. The zero-order valence-corrected chi connectivity index (χ0v) is 28.2. The predicted octanol–water partition coefficient (Wildman–Crippen LogP) is 13.5. The molecule has 0 heterocycles. The van der Waals surface area contributed by atoms with Gasteiger partial charge in [0.2, 0.25) is 0 Å². The standard InChI is InChI=1S/C50H30N2/c1-51-32-16-15-19-34(30-32)52(33-17-3-2-4-18-33)46-31-45-47(41-26-9-7-24-39(41)46)48-40-25-8-5-20-35(40)36-21-6-10-27-42(36)49(48)50(45)43-28-13-11-22-37(43)38-23-12-14-29-44(38)50/h2-31H. The summed E-state index contributed by atoms with van der Waals surface area (Å²) in [7, 11) is 0. The molecule has 0 saturated carbocycles. The van der Waals surface area contributed by atoms with Crippen molar-refractivity contribution in [2.75, 3.05) is 4.90 Å². The van der Waals surface area contributed by atoms with Crippen molar-refractivity contribution in [3.63, 3.8) is 0 Å². The molecule has 0 fully saturated rings. The maximum Gasteiger partial charge on any atom is 0.189 e. The van der Waals surface area contributed by atoms with E-state index in [1.807, 2.05) is 18.2 Å². The summed E-state index contributed by atoms with van der Waals surface area (Å²) in [5, 5.41) is 7.50. The summed E-state index contributed by atoms with van der Waals surface area (Å²) in [5.41, 5.74) is 13.6. The van der Waals surface area contributed by atoms with Gasteiger partial charge >= 0.3 is 0 Å². The van der Waals surface area contributed by atoms with E-state index in [-0.39, 0.29) is 0 Å². The molecule has 9 aromatic rings. The van der Waals surface area contributed by atoms with Gasteiger partial charge < -0.3 is 4.90 Å². The molecule has 0 bridgehead atoms. The smallest absolute Gasteiger partial charge is 0.189 e. The first kappa shape index (κ1) is 28.8. The van der Waals surface area contributed by atoms with E-state index in [1.165, 1.54) is 71.4 Å². The van der Waals surface area contributed by atoms with Crippen molar-refractivity contribution in [1.29, 1.82) is 0 Å². The second-order valence-electron chi connectivity index (χ2n) is 13.8. The molecule has 1 spiro atoms. The predicted molar refractivity (Wildman–Crippen MR) is 216 cm³/mol. The molecule has 0 atom stereocenters. The van der Waals surface area contributed by atoms with Crippen LogP contribution in [0, 0.1) is 6.57 Å². The van der Waals surface area contributed by atoms with Gasteiger partial charge in [0, 0.05) is 16.8 Å². The van der Waals surface area contributed by atoms with Crippen LogP contribution >= 0.6 is 0 Å². The lowest BCUT2D eigenvalue weighted by Gasteiger charge is -2.33. The SMILES string of the molecule is [C-]#[N+]c1cccc(N(c2ccccc2)c2cc3c(c4ccccc24)-c2c(c4ccccc4c4ccccc24)C32c3ccccc3-c3ccccc32)c1. The number of para-hydroxylation sites is 1. The Balaban J connectivity index is 1.39. The van der Waals surface area contributed by atoms with E-state index in [0.29, 0.717) is 5.69 Å². The molecular weight excluding hydrogens is 629 g/mol. The Labute approximate surface area is 302 Å². The normalized spacial score (nSPS) is 13.1. The van der Waals surface area contributed by atoms with Gasteiger partial charge in [0.05, 0.1) is 17.7 Å². The highest BCUT2D eigenvalue weighted by molar-refractivity contribution is 6.24. The monoisotopic (exact) mass is 658 g/mol. The van der Waals surface area contributed by atoms with Gasteiger partial charge in [-0.1, -0.05) is 152 Å². The fourth-order valence-electron chi connectivity index (χ4n) is 9.53. The third-order valence-electron chi connectivity index (χ3n) is 11.4. The molecule has 2 heteroatoms. The zero-order chi connectivity index (χ0) is 34.4. The van der Waals surface area contributed by atoms with Crippen molar-refractivity contribution in [3.05, 3.63) is 216 Å². The van der Waals surface area contributed by atoms with Gasteiger partial charge in [-0.3, -0.25) is 0 Å². The number of hydrogen-bond donors (Lipinski definition) is 0. The number of rotatable bonds is 3. The van der Waals surface area contributed by atoms with Crippen LogP contribution in [0.15, 0.2) is 182 Å². The lowest BCUT2D eigenvalue weighted by Crippen LogP contribution is -2.26. The van der Waals surface area contributed by atoms with E-state index in [0.717, 1.165) is 22.4 Å². The van der Waals surface area contributed by atoms with Crippen LogP contribution in [0.1, 0.15) is 22.3 Å². The molecule has 0 N–H and O–H groups in total. The highest BCUT2D eigenvalue weighted by atomic mass is 15.1. The molecule has 11 rings (SSSR count). The number of benzene rings is 9. The van der Waals surface area contributed by atoms with Crippen LogP contribution in [0.25, 0.3) is 59.4 Å². The van der Waals surface area contributed by atoms with Crippen LogP contribution in [-0.4, -0.2) is 0 Å². The van der Waals surface area contributed by atoms with Crippen LogP contribution in [-0.2, 0) is 5.41 Å². The van der Waals surface area contributed by atoms with E-state index >= 15 is 0 Å². The molecule has 240 valence electrons. The molecule has 0 radical (unpaired) electrons. The Bertz CT molecular complexity index is 2940. The summed E-state index contributed by atoms with van der Waals surface area (Å²) in [6, 6.07) is 66.1. The van der Waals surface area contributed by atoms with E-state index in [1.54, 1.807) is 0 Å². The first-order valence-electron chi connectivity index (χ1n) is 17.8. The van der Waals surface area contributed by atoms with Crippen molar-refractivity contribution < 1.29 is 0 Å². The summed E-state index contributed by atoms with van der Waals surface area (Å²) in [6.45, 7) is 7.88. The molecule has 0 amide bonds.